The number of nitrogens with one attached hydrogen (secondary N) is 1. The summed E-state index contributed by atoms with van der Waals surface area (Å²) in [6, 6.07) is 7.46. The van der Waals surface area contributed by atoms with E-state index in [0.717, 1.165) is 4.47 Å². The van der Waals surface area contributed by atoms with E-state index in [4.69, 9.17) is 0 Å². The van der Waals surface area contributed by atoms with E-state index in [2.05, 4.69) is 20.9 Å². The molecule has 88 valence electrons. The second-order valence-electron chi connectivity index (χ2n) is 3.57. The molecule has 1 aromatic heterocycles. The van der Waals surface area contributed by atoms with Crippen LogP contribution in [-0.2, 0) is 0 Å². The monoisotopic (exact) mass is 296 g/mol. The molecule has 1 N–H and O–H groups in total. The van der Waals surface area contributed by atoms with Gasteiger partial charge in [0.1, 0.15) is 11.5 Å². The summed E-state index contributed by atoms with van der Waals surface area (Å²) >= 11 is 3.26. The molecular formula is C12H10BrFN2O. The average Bonchev–Trinajstić information content (AvgIpc) is 2.75. The van der Waals surface area contributed by atoms with Crippen LogP contribution in [0.5, 0.6) is 0 Å². The molecule has 0 saturated heterocycles. The van der Waals surface area contributed by atoms with E-state index < -0.39 is 0 Å². The zero-order valence-corrected chi connectivity index (χ0v) is 10.7. The van der Waals surface area contributed by atoms with Crippen LogP contribution in [0.25, 0.3) is 0 Å². The molecule has 0 bridgehead atoms. The first-order valence-corrected chi connectivity index (χ1v) is 5.75. The third-order valence-electron chi connectivity index (χ3n) is 2.40. The third-order valence-corrected chi connectivity index (χ3v) is 2.85. The minimum Gasteiger partial charge on any atom is -0.356 e. The highest BCUT2D eigenvalue weighted by Crippen LogP contribution is 2.17. The molecule has 0 aliphatic heterocycles. The number of amides is 1. The van der Waals surface area contributed by atoms with Crippen LogP contribution < -0.4 is 4.90 Å². The largest absolute Gasteiger partial charge is 0.356 e. The summed E-state index contributed by atoms with van der Waals surface area (Å²) in [5.74, 6) is -0.500. The van der Waals surface area contributed by atoms with Crippen molar-refractivity contribution in [2.24, 2.45) is 0 Å². The highest BCUT2D eigenvalue weighted by molar-refractivity contribution is 9.10. The van der Waals surface area contributed by atoms with Gasteiger partial charge in [-0.3, -0.25) is 4.79 Å². The van der Waals surface area contributed by atoms with Crippen LogP contribution in [0.2, 0.25) is 0 Å². The van der Waals surface area contributed by atoms with Crippen molar-refractivity contribution in [3.8, 4) is 0 Å². The van der Waals surface area contributed by atoms with Gasteiger partial charge >= 0.3 is 0 Å². The van der Waals surface area contributed by atoms with Crippen LogP contribution in [0.1, 0.15) is 10.5 Å². The van der Waals surface area contributed by atoms with Gasteiger partial charge in [-0.1, -0.05) is 0 Å². The normalized spacial score (nSPS) is 10.3. The lowest BCUT2D eigenvalue weighted by atomic mass is 10.2. The van der Waals surface area contributed by atoms with Crippen LogP contribution in [0.4, 0.5) is 10.1 Å². The van der Waals surface area contributed by atoms with Crippen molar-refractivity contribution in [3.05, 3.63) is 52.5 Å². The van der Waals surface area contributed by atoms with Gasteiger partial charge in [0.2, 0.25) is 0 Å². The SMILES string of the molecule is CN(C(=O)c1cc(Br)c[nH]1)c1ccc(F)cc1. The molecule has 0 spiro atoms. The van der Waals surface area contributed by atoms with Crippen molar-refractivity contribution >= 4 is 27.5 Å². The van der Waals surface area contributed by atoms with Crippen LogP contribution in [0, 0.1) is 5.82 Å². The molecule has 2 rings (SSSR count). The second-order valence-corrected chi connectivity index (χ2v) is 4.49. The van der Waals surface area contributed by atoms with Gasteiger partial charge in [0.25, 0.3) is 5.91 Å². The smallest absolute Gasteiger partial charge is 0.274 e. The number of carbonyl (C=O) groups excluding carboxylic acids is 1. The van der Waals surface area contributed by atoms with E-state index in [1.54, 1.807) is 31.4 Å². The first-order valence-electron chi connectivity index (χ1n) is 4.95. The van der Waals surface area contributed by atoms with E-state index in [9.17, 15) is 9.18 Å². The fraction of sp³-hybridized carbons (Fsp3) is 0.0833. The summed E-state index contributed by atoms with van der Waals surface area (Å²) < 4.78 is 13.6. The zero-order chi connectivity index (χ0) is 12.4. The third kappa shape index (κ3) is 2.55. The lowest BCUT2D eigenvalue weighted by Gasteiger charge is -2.16. The fourth-order valence-electron chi connectivity index (χ4n) is 1.45. The molecule has 0 aliphatic rings. The first kappa shape index (κ1) is 11.9. The summed E-state index contributed by atoms with van der Waals surface area (Å²) in [5.41, 5.74) is 1.12. The Labute approximate surface area is 106 Å². The van der Waals surface area contributed by atoms with E-state index in [1.165, 1.54) is 17.0 Å². The van der Waals surface area contributed by atoms with Crippen molar-refractivity contribution in [3.63, 3.8) is 0 Å². The number of nitrogens with zero attached hydrogens (tertiary/aromatic N) is 1. The highest BCUT2D eigenvalue weighted by atomic mass is 79.9. The van der Waals surface area contributed by atoms with E-state index >= 15 is 0 Å². The van der Waals surface area contributed by atoms with Crippen LogP contribution >= 0.6 is 15.9 Å². The topological polar surface area (TPSA) is 36.1 Å². The molecule has 0 aliphatic carbocycles. The molecule has 3 nitrogen and oxygen atoms in total. The van der Waals surface area contributed by atoms with Gasteiger partial charge in [-0.2, -0.15) is 0 Å². The number of rotatable bonds is 2. The van der Waals surface area contributed by atoms with Gasteiger partial charge in [0.05, 0.1) is 0 Å². The molecule has 0 saturated carbocycles. The molecule has 0 unspecified atom stereocenters. The number of halogens is 2. The predicted octanol–water partition coefficient (Wildman–Crippen LogP) is 3.19. The minimum atomic E-state index is -0.322. The van der Waals surface area contributed by atoms with Gasteiger partial charge in [-0.25, -0.2) is 4.39 Å². The van der Waals surface area contributed by atoms with Crippen molar-refractivity contribution < 1.29 is 9.18 Å². The Bertz CT molecular complexity index is 536. The maximum atomic E-state index is 12.8. The van der Waals surface area contributed by atoms with Crippen LogP contribution in [0.15, 0.2) is 41.0 Å². The van der Waals surface area contributed by atoms with Crippen molar-refractivity contribution in [2.45, 2.75) is 0 Å². The number of carbonyl (C=O) groups is 1. The Balaban J connectivity index is 2.23. The van der Waals surface area contributed by atoms with Gasteiger partial charge in [-0.15, -0.1) is 0 Å². The molecular weight excluding hydrogens is 287 g/mol. The molecule has 0 atom stereocenters. The maximum Gasteiger partial charge on any atom is 0.274 e. The number of aromatic nitrogens is 1. The van der Waals surface area contributed by atoms with Crippen molar-refractivity contribution in [1.29, 1.82) is 0 Å². The lowest BCUT2D eigenvalue weighted by molar-refractivity contribution is 0.0989. The lowest BCUT2D eigenvalue weighted by Crippen LogP contribution is -2.26. The van der Waals surface area contributed by atoms with Gasteiger partial charge in [0.15, 0.2) is 0 Å². The van der Waals surface area contributed by atoms with E-state index in [0.29, 0.717) is 11.4 Å². The number of benzene rings is 1. The van der Waals surface area contributed by atoms with Crippen LogP contribution in [-0.4, -0.2) is 17.9 Å². The van der Waals surface area contributed by atoms with Crippen molar-refractivity contribution in [2.75, 3.05) is 11.9 Å². The number of anilines is 1. The fourth-order valence-corrected chi connectivity index (χ4v) is 1.80. The number of hydrogen-bond donors (Lipinski definition) is 1. The average molecular weight is 297 g/mol. The summed E-state index contributed by atoms with van der Waals surface area (Å²) in [5, 5.41) is 0. The quantitative estimate of drug-likeness (QED) is 0.908. The Morgan fingerprint density at radius 3 is 2.53 bits per heavy atom. The number of hydrogen-bond acceptors (Lipinski definition) is 1. The van der Waals surface area contributed by atoms with E-state index in [-0.39, 0.29) is 11.7 Å². The molecule has 1 amide bonds. The van der Waals surface area contributed by atoms with Gasteiger partial charge < -0.3 is 9.88 Å². The van der Waals surface area contributed by atoms with E-state index in [1.807, 2.05) is 0 Å². The molecule has 0 fully saturated rings. The number of aromatic amines is 1. The highest BCUT2D eigenvalue weighted by Gasteiger charge is 2.14. The summed E-state index contributed by atoms with van der Waals surface area (Å²) in [7, 11) is 1.64. The summed E-state index contributed by atoms with van der Waals surface area (Å²) in [6.07, 6.45) is 1.69. The van der Waals surface area contributed by atoms with Crippen LogP contribution in [0.3, 0.4) is 0 Å². The standard InChI is InChI=1S/C12H10BrFN2O/c1-16(10-4-2-9(14)3-5-10)12(17)11-6-8(13)7-15-11/h2-7,15H,1H3. The molecule has 0 radical (unpaired) electrons. The molecule has 1 aromatic carbocycles. The Morgan fingerprint density at radius 2 is 2.00 bits per heavy atom. The maximum absolute atomic E-state index is 12.8. The molecule has 1 heterocycles. The van der Waals surface area contributed by atoms with Gasteiger partial charge in [-0.05, 0) is 46.3 Å². The minimum absolute atomic E-state index is 0.178. The van der Waals surface area contributed by atoms with Gasteiger partial charge in [0, 0.05) is 23.4 Å². The summed E-state index contributed by atoms with van der Waals surface area (Å²) in [4.78, 5) is 16.3. The molecule has 17 heavy (non-hydrogen) atoms. The second kappa shape index (κ2) is 4.71. The first-order chi connectivity index (χ1) is 8.08. The molecule has 2 aromatic rings. The summed E-state index contributed by atoms with van der Waals surface area (Å²) in [6.45, 7) is 0. The Morgan fingerprint density at radius 1 is 1.35 bits per heavy atom. The Kier molecular flexibility index (Phi) is 3.28. The Hall–Kier alpha value is -1.62. The molecule has 5 heteroatoms. The predicted molar refractivity (Wildman–Crippen MR) is 67.6 cm³/mol. The van der Waals surface area contributed by atoms with Crippen molar-refractivity contribution in [1.82, 2.24) is 4.98 Å². The zero-order valence-electron chi connectivity index (χ0n) is 9.08. The number of H-pyrrole nitrogens is 1.